The summed E-state index contributed by atoms with van der Waals surface area (Å²) in [6, 6.07) is 5.23. The van der Waals surface area contributed by atoms with Gasteiger partial charge in [0.1, 0.15) is 5.75 Å². The van der Waals surface area contributed by atoms with E-state index in [0.29, 0.717) is 23.4 Å². The fourth-order valence-corrected chi connectivity index (χ4v) is 2.28. The highest BCUT2D eigenvalue weighted by atomic mass is 16.5. The summed E-state index contributed by atoms with van der Waals surface area (Å²) < 4.78 is 5.10. The van der Waals surface area contributed by atoms with Crippen molar-refractivity contribution in [3.8, 4) is 5.75 Å². The predicted molar refractivity (Wildman–Crippen MR) is 83.4 cm³/mol. The molecule has 1 aromatic rings. The minimum absolute atomic E-state index is 0.136. The van der Waals surface area contributed by atoms with Crippen molar-refractivity contribution in [2.24, 2.45) is 0 Å². The molecule has 0 aliphatic heterocycles. The number of ketones is 1. The number of hydrogen-bond acceptors (Lipinski definition) is 4. The number of rotatable bonds is 9. The van der Waals surface area contributed by atoms with Crippen molar-refractivity contribution < 1.29 is 9.53 Å². The van der Waals surface area contributed by atoms with Crippen LogP contribution < -0.4 is 10.5 Å². The maximum absolute atomic E-state index is 12.2. The van der Waals surface area contributed by atoms with Crippen molar-refractivity contribution >= 4 is 11.5 Å². The second kappa shape index (κ2) is 8.59. The molecule has 0 amide bonds. The smallest absolute Gasteiger partial charge is 0.164 e. The first kappa shape index (κ1) is 16.5. The predicted octanol–water partition coefficient (Wildman–Crippen LogP) is 2.97. The molecule has 0 spiro atoms. The van der Waals surface area contributed by atoms with E-state index in [-0.39, 0.29) is 5.78 Å². The van der Waals surface area contributed by atoms with Crippen molar-refractivity contribution in [1.29, 1.82) is 0 Å². The van der Waals surface area contributed by atoms with E-state index >= 15 is 0 Å². The second-order valence-corrected chi connectivity index (χ2v) is 4.97. The lowest BCUT2D eigenvalue weighted by Gasteiger charge is -2.20. The third-order valence-corrected chi connectivity index (χ3v) is 3.29. The van der Waals surface area contributed by atoms with E-state index in [1.165, 1.54) is 0 Å². The average molecular weight is 278 g/mol. The number of benzene rings is 1. The summed E-state index contributed by atoms with van der Waals surface area (Å²) in [6.45, 7) is 7.23. The zero-order valence-electron chi connectivity index (χ0n) is 12.8. The molecule has 0 saturated heterocycles. The summed E-state index contributed by atoms with van der Waals surface area (Å²) in [5.74, 6) is 0.747. The second-order valence-electron chi connectivity index (χ2n) is 4.97. The summed E-state index contributed by atoms with van der Waals surface area (Å²) in [7, 11) is 1.57. The van der Waals surface area contributed by atoms with Crippen LogP contribution in [0, 0.1) is 0 Å². The van der Waals surface area contributed by atoms with Gasteiger partial charge in [-0.05, 0) is 44.1 Å². The van der Waals surface area contributed by atoms with E-state index in [4.69, 9.17) is 10.5 Å². The Bertz CT molecular complexity index is 426. The maximum Gasteiger partial charge on any atom is 0.164 e. The molecule has 0 fully saturated rings. The van der Waals surface area contributed by atoms with E-state index in [1.54, 1.807) is 25.3 Å². The Balaban J connectivity index is 2.59. The van der Waals surface area contributed by atoms with Crippen molar-refractivity contribution in [1.82, 2.24) is 4.90 Å². The normalized spacial score (nSPS) is 10.8. The standard InChI is InChI=1S/C16H26N2O2/c1-4-9-18(10-5-2)11-8-15(19)13-6-7-16(20-3)14(17)12-13/h6-7,12H,4-5,8-11,17H2,1-3H3. The molecule has 4 heteroatoms. The van der Waals surface area contributed by atoms with Gasteiger partial charge in [-0.2, -0.15) is 0 Å². The Hall–Kier alpha value is -1.55. The van der Waals surface area contributed by atoms with Gasteiger partial charge in [0.15, 0.2) is 5.78 Å². The molecule has 0 aromatic heterocycles. The third kappa shape index (κ3) is 4.85. The molecule has 0 unspecified atom stereocenters. The van der Waals surface area contributed by atoms with Gasteiger partial charge < -0.3 is 15.4 Å². The van der Waals surface area contributed by atoms with E-state index in [0.717, 1.165) is 32.5 Å². The van der Waals surface area contributed by atoms with Gasteiger partial charge in [-0.3, -0.25) is 4.79 Å². The van der Waals surface area contributed by atoms with E-state index in [1.807, 2.05) is 0 Å². The largest absolute Gasteiger partial charge is 0.495 e. The lowest BCUT2D eigenvalue weighted by molar-refractivity contribution is 0.0964. The molecule has 112 valence electrons. The van der Waals surface area contributed by atoms with Gasteiger partial charge in [-0.25, -0.2) is 0 Å². The van der Waals surface area contributed by atoms with E-state index in [9.17, 15) is 4.79 Å². The summed E-state index contributed by atoms with van der Waals surface area (Å²) in [5.41, 5.74) is 7.01. The molecule has 2 N–H and O–H groups in total. The zero-order valence-corrected chi connectivity index (χ0v) is 12.8. The minimum Gasteiger partial charge on any atom is -0.495 e. The number of ether oxygens (including phenoxy) is 1. The van der Waals surface area contributed by atoms with Crippen molar-refractivity contribution in [3.63, 3.8) is 0 Å². The van der Waals surface area contributed by atoms with Crippen LogP contribution in [0.1, 0.15) is 43.5 Å². The topological polar surface area (TPSA) is 55.6 Å². The highest BCUT2D eigenvalue weighted by molar-refractivity contribution is 5.97. The highest BCUT2D eigenvalue weighted by Crippen LogP contribution is 2.22. The van der Waals surface area contributed by atoms with Crippen LogP contribution >= 0.6 is 0 Å². The Morgan fingerprint density at radius 1 is 1.20 bits per heavy atom. The SMILES string of the molecule is CCCN(CCC)CCC(=O)c1ccc(OC)c(N)c1. The van der Waals surface area contributed by atoms with E-state index < -0.39 is 0 Å². The third-order valence-electron chi connectivity index (χ3n) is 3.29. The molecule has 4 nitrogen and oxygen atoms in total. The first-order valence-electron chi connectivity index (χ1n) is 7.31. The summed E-state index contributed by atoms with van der Waals surface area (Å²) in [5, 5.41) is 0. The molecule has 0 atom stereocenters. The van der Waals surface area contributed by atoms with Gasteiger partial charge in [-0.1, -0.05) is 13.8 Å². The molecular formula is C16H26N2O2. The fraction of sp³-hybridized carbons (Fsp3) is 0.562. The molecule has 0 aliphatic carbocycles. The minimum atomic E-state index is 0.136. The van der Waals surface area contributed by atoms with Crippen molar-refractivity contribution in [2.45, 2.75) is 33.1 Å². The van der Waals surface area contributed by atoms with Crippen LogP contribution in [0.3, 0.4) is 0 Å². The monoisotopic (exact) mass is 278 g/mol. The van der Waals surface area contributed by atoms with Gasteiger partial charge in [0.2, 0.25) is 0 Å². The number of carbonyl (C=O) groups is 1. The van der Waals surface area contributed by atoms with E-state index in [2.05, 4.69) is 18.7 Å². The summed E-state index contributed by atoms with van der Waals surface area (Å²) in [4.78, 5) is 14.5. The molecule has 0 radical (unpaired) electrons. The van der Waals surface area contributed by atoms with Crippen LogP contribution in [0.15, 0.2) is 18.2 Å². The number of nitrogen functional groups attached to an aromatic ring is 1. The Morgan fingerprint density at radius 3 is 2.35 bits per heavy atom. The van der Waals surface area contributed by atoms with Crippen LogP contribution in [0.25, 0.3) is 0 Å². The van der Waals surface area contributed by atoms with Crippen LogP contribution in [0.2, 0.25) is 0 Å². The van der Waals surface area contributed by atoms with Crippen molar-refractivity contribution in [2.75, 3.05) is 32.5 Å². The number of methoxy groups -OCH3 is 1. The average Bonchev–Trinajstić information content (AvgIpc) is 2.44. The van der Waals surface area contributed by atoms with Crippen LogP contribution in [-0.2, 0) is 0 Å². The number of nitrogens with two attached hydrogens (primary N) is 1. The summed E-state index contributed by atoms with van der Waals surface area (Å²) >= 11 is 0. The number of Topliss-reactive ketones (excluding diaryl/α,β-unsaturated/α-hetero) is 1. The molecule has 0 saturated carbocycles. The first-order valence-corrected chi connectivity index (χ1v) is 7.31. The number of hydrogen-bond donors (Lipinski definition) is 1. The van der Waals surface area contributed by atoms with Gasteiger partial charge in [0, 0.05) is 18.5 Å². The van der Waals surface area contributed by atoms with Gasteiger partial charge >= 0.3 is 0 Å². The Labute approximate surface area is 121 Å². The molecular weight excluding hydrogens is 252 g/mol. The number of anilines is 1. The fourth-order valence-electron chi connectivity index (χ4n) is 2.28. The van der Waals surface area contributed by atoms with Crippen molar-refractivity contribution in [3.05, 3.63) is 23.8 Å². The maximum atomic E-state index is 12.2. The van der Waals surface area contributed by atoms with Crippen LogP contribution in [-0.4, -0.2) is 37.4 Å². The Kier molecular flexibility index (Phi) is 7.09. The molecule has 0 bridgehead atoms. The lowest BCUT2D eigenvalue weighted by atomic mass is 10.1. The van der Waals surface area contributed by atoms with Crippen LogP contribution in [0.5, 0.6) is 5.75 Å². The zero-order chi connectivity index (χ0) is 15.0. The lowest BCUT2D eigenvalue weighted by Crippen LogP contribution is -2.28. The number of nitrogens with zero attached hydrogens (tertiary/aromatic N) is 1. The molecule has 1 rings (SSSR count). The molecule has 0 aliphatic rings. The first-order chi connectivity index (χ1) is 9.62. The molecule has 1 aromatic carbocycles. The van der Waals surface area contributed by atoms with Gasteiger partial charge in [0.25, 0.3) is 0 Å². The Morgan fingerprint density at radius 2 is 1.85 bits per heavy atom. The molecule has 20 heavy (non-hydrogen) atoms. The molecule has 0 heterocycles. The summed E-state index contributed by atoms with van der Waals surface area (Å²) in [6.07, 6.45) is 2.76. The quantitative estimate of drug-likeness (QED) is 0.557. The number of carbonyl (C=O) groups excluding carboxylic acids is 1. The van der Waals surface area contributed by atoms with Gasteiger partial charge in [-0.15, -0.1) is 0 Å². The highest BCUT2D eigenvalue weighted by Gasteiger charge is 2.11. The van der Waals surface area contributed by atoms with Crippen LogP contribution in [0.4, 0.5) is 5.69 Å². The van der Waals surface area contributed by atoms with Gasteiger partial charge in [0.05, 0.1) is 12.8 Å².